The first-order valence-corrected chi connectivity index (χ1v) is 4.10. The number of hydrogen-bond acceptors (Lipinski definition) is 3. The molecule has 0 fully saturated rings. The highest BCUT2D eigenvalue weighted by Crippen LogP contribution is 2.23. The van der Waals surface area contributed by atoms with E-state index in [1.807, 2.05) is 25.1 Å². The third-order valence-electron chi connectivity index (χ3n) is 1.45. The van der Waals surface area contributed by atoms with Crippen molar-refractivity contribution in [2.24, 2.45) is 0 Å². The second-order valence-corrected chi connectivity index (χ2v) is 3.00. The first kappa shape index (κ1) is 9.42. The molecule has 0 N–H and O–H groups in total. The minimum absolute atomic E-state index is 0.261. The molecule has 0 saturated carbocycles. The highest BCUT2D eigenvalue weighted by molar-refractivity contribution is 7.80. The number of benzene rings is 1. The van der Waals surface area contributed by atoms with Crippen LogP contribution in [-0.4, -0.2) is 13.9 Å². The van der Waals surface area contributed by atoms with Crippen molar-refractivity contribution in [1.29, 1.82) is 0 Å². The van der Waals surface area contributed by atoms with Crippen LogP contribution in [0.5, 0.6) is 5.75 Å². The predicted molar refractivity (Wildman–Crippen MR) is 50.9 cm³/mol. The zero-order chi connectivity index (χ0) is 8.97. The fourth-order valence-corrected chi connectivity index (χ4v) is 1.21. The highest BCUT2D eigenvalue weighted by Gasteiger charge is 1.98. The molecule has 0 unspecified atom stereocenters. The lowest BCUT2D eigenvalue weighted by atomic mass is 10.2. The Labute approximate surface area is 77.9 Å². The van der Waals surface area contributed by atoms with Crippen LogP contribution in [0.25, 0.3) is 0 Å². The number of rotatable bonds is 3. The fourth-order valence-electron chi connectivity index (χ4n) is 0.872. The molecule has 0 bridgehead atoms. The van der Waals surface area contributed by atoms with Gasteiger partial charge in [0.05, 0.1) is 0 Å². The molecule has 3 heteroatoms. The third kappa shape index (κ3) is 2.43. The van der Waals surface area contributed by atoms with Crippen LogP contribution in [0.4, 0.5) is 0 Å². The molecule has 0 spiro atoms. The Morgan fingerprint density at radius 3 is 2.75 bits per heavy atom. The lowest BCUT2D eigenvalue weighted by molar-refractivity contribution is 0.0492. The van der Waals surface area contributed by atoms with Gasteiger partial charge in [0.15, 0.2) is 6.79 Å². The Morgan fingerprint density at radius 1 is 1.42 bits per heavy atom. The summed E-state index contributed by atoms with van der Waals surface area (Å²) >= 11 is 4.26. The van der Waals surface area contributed by atoms with E-state index in [9.17, 15) is 0 Å². The molecule has 0 atom stereocenters. The Bertz CT molecular complexity index is 261. The molecule has 0 saturated heterocycles. The van der Waals surface area contributed by atoms with Crippen LogP contribution in [0.3, 0.4) is 0 Å². The van der Waals surface area contributed by atoms with Gasteiger partial charge in [0.2, 0.25) is 0 Å². The van der Waals surface area contributed by atoms with Crippen LogP contribution in [0.1, 0.15) is 5.56 Å². The van der Waals surface area contributed by atoms with Gasteiger partial charge in [-0.1, -0.05) is 6.07 Å². The van der Waals surface area contributed by atoms with Gasteiger partial charge in [-0.3, -0.25) is 0 Å². The summed E-state index contributed by atoms with van der Waals surface area (Å²) in [5.74, 6) is 0.755. The van der Waals surface area contributed by atoms with E-state index in [0.29, 0.717) is 0 Å². The number of hydrogen-bond donors (Lipinski definition) is 1. The van der Waals surface area contributed by atoms with Gasteiger partial charge in [0.1, 0.15) is 5.75 Å². The molecule has 0 aliphatic carbocycles. The van der Waals surface area contributed by atoms with E-state index in [-0.39, 0.29) is 6.79 Å². The van der Waals surface area contributed by atoms with Crippen LogP contribution in [0, 0.1) is 6.92 Å². The van der Waals surface area contributed by atoms with Crippen molar-refractivity contribution < 1.29 is 9.47 Å². The third-order valence-corrected chi connectivity index (χ3v) is 1.80. The zero-order valence-corrected chi connectivity index (χ0v) is 8.10. The molecule has 0 aliphatic heterocycles. The lowest BCUT2D eigenvalue weighted by Crippen LogP contribution is -1.99. The van der Waals surface area contributed by atoms with Crippen molar-refractivity contribution >= 4 is 12.6 Å². The van der Waals surface area contributed by atoms with Gasteiger partial charge in [0, 0.05) is 12.0 Å². The Kier molecular flexibility index (Phi) is 3.44. The van der Waals surface area contributed by atoms with Crippen LogP contribution in [0.15, 0.2) is 23.1 Å². The quantitative estimate of drug-likeness (QED) is 0.574. The molecule has 1 aromatic rings. The second-order valence-electron chi connectivity index (χ2n) is 2.52. The monoisotopic (exact) mass is 184 g/mol. The predicted octanol–water partition coefficient (Wildman–Crippen LogP) is 2.27. The minimum Gasteiger partial charge on any atom is -0.466 e. The molecule has 0 heterocycles. The van der Waals surface area contributed by atoms with E-state index in [2.05, 4.69) is 12.6 Å². The molecular formula is C9H12O2S. The maximum atomic E-state index is 5.24. The average molecular weight is 184 g/mol. The van der Waals surface area contributed by atoms with Gasteiger partial charge in [-0.05, 0) is 24.6 Å². The zero-order valence-electron chi connectivity index (χ0n) is 7.20. The summed E-state index contributed by atoms with van der Waals surface area (Å²) in [6.07, 6.45) is 0. The normalized spacial score (nSPS) is 9.92. The summed E-state index contributed by atoms with van der Waals surface area (Å²) < 4.78 is 10.0. The van der Waals surface area contributed by atoms with E-state index in [1.165, 1.54) is 5.56 Å². The summed E-state index contributed by atoms with van der Waals surface area (Å²) in [4.78, 5) is 0.840. The van der Waals surface area contributed by atoms with Gasteiger partial charge in [-0.25, -0.2) is 0 Å². The van der Waals surface area contributed by atoms with E-state index in [4.69, 9.17) is 9.47 Å². The first-order chi connectivity index (χ1) is 5.74. The Morgan fingerprint density at radius 2 is 2.17 bits per heavy atom. The maximum absolute atomic E-state index is 5.24. The van der Waals surface area contributed by atoms with E-state index >= 15 is 0 Å². The van der Waals surface area contributed by atoms with Gasteiger partial charge in [-0.2, -0.15) is 0 Å². The van der Waals surface area contributed by atoms with E-state index in [0.717, 1.165) is 10.6 Å². The van der Waals surface area contributed by atoms with Crippen LogP contribution in [-0.2, 0) is 4.74 Å². The molecule has 1 aromatic carbocycles. The maximum Gasteiger partial charge on any atom is 0.188 e. The molecular weight excluding hydrogens is 172 g/mol. The number of thiol groups is 1. The first-order valence-electron chi connectivity index (χ1n) is 3.65. The molecule has 2 nitrogen and oxygen atoms in total. The van der Waals surface area contributed by atoms with Gasteiger partial charge in [-0.15, -0.1) is 12.6 Å². The van der Waals surface area contributed by atoms with Crippen LogP contribution >= 0.6 is 12.6 Å². The van der Waals surface area contributed by atoms with Gasteiger partial charge in [0.25, 0.3) is 0 Å². The van der Waals surface area contributed by atoms with Crippen molar-refractivity contribution in [3.05, 3.63) is 23.8 Å². The molecule has 1 rings (SSSR count). The van der Waals surface area contributed by atoms with Gasteiger partial charge >= 0.3 is 0 Å². The molecule has 0 aromatic heterocycles. The largest absolute Gasteiger partial charge is 0.466 e. The average Bonchev–Trinajstić information content (AvgIpc) is 2.03. The topological polar surface area (TPSA) is 18.5 Å². The van der Waals surface area contributed by atoms with Crippen molar-refractivity contribution in [1.82, 2.24) is 0 Å². The molecule has 0 radical (unpaired) electrons. The minimum atomic E-state index is 0.261. The van der Waals surface area contributed by atoms with E-state index in [1.54, 1.807) is 7.11 Å². The van der Waals surface area contributed by atoms with Crippen molar-refractivity contribution in [3.63, 3.8) is 0 Å². The van der Waals surface area contributed by atoms with Crippen molar-refractivity contribution in [3.8, 4) is 5.75 Å². The molecule has 12 heavy (non-hydrogen) atoms. The summed E-state index contributed by atoms with van der Waals surface area (Å²) in [5, 5.41) is 0. The lowest BCUT2D eigenvalue weighted by Gasteiger charge is -2.07. The smallest absolute Gasteiger partial charge is 0.188 e. The standard InChI is InChI=1S/C9H12O2S/c1-7-3-4-8(9(12)5-7)11-6-10-2/h3-5,12H,6H2,1-2H3. The number of ether oxygens (including phenoxy) is 2. The summed E-state index contributed by atoms with van der Waals surface area (Å²) in [7, 11) is 1.59. The Hall–Kier alpha value is -0.670. The van der Waals surface area contributed by atoms with Crippen molar-refractivity contribution in [2.45, 2.75) is 11.8 Å². The van der Waals surface area contributed by atoms with E-state index < -0.39 is 0 Å². The SMILES string of the molecule is COCOc1ccc(C)cc1S. The summed E-state index contributed by atoms with van der Waals surface area (Å²) in [5.41, 5.74) is 1.17. The van der Waals surface area contributed by atoms with Crippen molar-refractivity contribution in [2.75, 3.05) is 13.9 Å². The molecule has 66 valence electrons. The second kappa shape index (κ2) is 4.38. The summed E-state index contributed by atoms with van der Waals surface area (Å²) in [6, 6.07) is 5.81. The number of methoxy groups -OCH3 is 1. The highest BCUT2D eigenvalue weighted by atomic mass is 32.1. The summed E-state index contributed by atoms with van der Waals surface area (Å²) in [6.45, 7) is 2.27. The van der Waals surface area contributed by atoms with Gasteiger partial charge < -0.3 is 9.47 Å². The van der Waals surface area contributed by atoms with Crippen LogP contribution < -0.4 is 4.74 Å². The number of aryl methyl sites for hydroxylation is 1. The molecule has 0 aliphatic rings. The fraction of sp³-hybridized carbons (Fsp3) is 0.333. The molecule has 0 amide bonds. The Balaban J connectivity index is 2.72. The van der Waals surface area contributed by atoms with Crippen LogP contribution in [0.2, 0.25) is 0 Å².